The number of rotatable bonds is 11. The number of benzene rings is 1. The molecule has 2 rings (SSSR count). The van der Waals surface area contributed by atoms with E-state index in [-0.39, 0.29) is 36.8 Å². The number of oxime groups is 1. The summed E-state index contributed by atoms with van der Waals surface area (Å²) in [7, 11) is -2.26. The first-order valence-corrected chi connectivity index (χ1v) is 12.1. The van der Waals surface area contributed by atoms with E-state index in [1.807, 2.05) is 0 Å². The van der Waals surface area contributed by atoms with Gasteiger partial charge in [0.1, 0.15) is 13.3 Å². The Balaban J connectivity index is 2.21. The van der Waals surface area contributed by atoms with Crippen molar-refractivity contribution < 1.29 is 28.0 Å². The Bertz CT molecular complexity index is 794. The standard InChI is InChI=1S/C21H31N2O6P/c1-4-28-30(26,29-5-2)15-19(23-27-3)21(25)22-18-14-10-9-13-17(18)20(24)16-11-7-6-8-12-16/h9-10,13-14,16H,4-8,11-12,15H2,1-3H3,(H,22,25). The van der Waals surface area contributed by atoms with Crippen LogP contribution in [0, 0.1) is 5.92 Å². The Morgan fingerprint density at radius 1 is 1.10 bits per heavy atom. The molecular weight excluding hydrogens is 407 g/mol. The molecule has 8 nitrogen and oxygen atoms in total. The summed E-state index contributed by atoms with van der Waals surface area (Å²) in [6.45, 7) is 3.70. The number of carbonyl (C=O) groups is 2. The van der Waals surface area contributed by atoms with E-state index in [2.05, 4.69) is 10.5 Å². The molecular formula is C21H31N2O6P. The zero-order chi connectivity index (χ0) is 22.0. The van der Waals surface area contributed by atoms with Crippen molar-refractivity contribution >= 4 is 30.7 Å². The highest BCUT2D eigenvalue weighted by atomic mass is 31.2. The third-order valence-corrected chi connectivity index (χ3v) is 6.87. The average molecular weight is 438 g/mol. The molecule has 9 heteroatoms. The number of hydrogen-bond donors (Lipinski definition) is 1. The highest BCUT2D eigenvalue weighted by Gasteiger charge is 2.31. The van der Waals surface area contributed by atoms with E-state index in [1.54, 1.807) is 38.1 Å². The molecule has 0 spiro atoms. The molecule has 1 aliphatic carbocycles. The van der Waals surface area contributed by atoms with Gasteiger partial charge in [-0.3, -0.25) is 14.2 Å². The monoisotopic (exact) mass is 438 g/mol. The molecule has 1 aromatic carbocycles. The summed E-state index contributed by atoms with van der Waals surface area (Å²) < 4.78 is 23.3. The molecule has 0 heterocycles. The fraction of sp³-hybridized carbons (Fsp3) is 0.571. The van der Waals surface area contributed by atoms with Crippen LogP contribution in [0.2, 0.25) is 0 Å². The molecule has 0 unspecified atom stereocenters. The van der Waals surface area contributed by atoms with Gasteiger partial charge in [-0.05, 0) is 38.8 Å². The summed E-state index contributed by atoms with van der Waals surface area (Å²) in [5.41, 5.74) is 0.722. The van der Waals surface area contributed by atoms with Crippen molar-refractivity contribution in [1.82, 2.24) is 0 Å². The van der Waals surface area contributed by atoms with E-state index in [9.17, 15) is 14.2 Å². The Morgan fingerprint density at radius 2 is 1.73 bits per heavy atom. The van der Waals surface area contributed by atoms with Crippen molar-refractivity contribution in [3.63, 3.8) is 0 Å². The van der Waals surface area contributed by atoms with E-state index in [0.29, 0.717) is 11.3 Å². The Labute approximate surface area is 177 Å². The minimum Gasteiger partial charge on any atom is -0.399 e. The maximum Gasteiger partial charge on any atom is 0.336 e. The molecule has 1 saturated carbocycles. The summed E-state index contributed by atoms with van der Waals surface area (Å²) in [5.74, 6) is -0.620. The van der Waals surface area contributed by atoms with Crippen LogP contribution in [0.4, 0.5) is 5.69 Å². The van der Waals surface area contributed by atoms with Gasteiger partial charge in [-0.15, -0.1) is 0 Å². The second-order valence-electron chi connectivity index (χ2n) is 7.02. The largest absolute Gasteiger partial charge is 0.399 e. The van der Waals surface area contributed by atoms with Crippen molar-refractivity contribution in [2.24, 2.45) is 11.1 Å². The first kappa shape index (κ1) is 24.3. The van der Waals surface area contributed by atoms with E-state index in [1.165, 1.54) is 7.11 Å². The van der Waals surface area contributed by atoms with Crippen molar-refractivity contribution in [3.8, 4) is 0 Å². The fourth-order valence-corrected chi connectivity index (χ4v) is 5.16. The lowest BCUT2D eigenvalue weighted by Crippen LogP contribution is -2.28. The number of nitrogens with zero attached hydrogens (tertiary/aromatic N) is 1. The van der Waals surface area contributed by atoms with Crippen molar-refractivity contribution in [1.29, 1.82) is 0 Å². The molecule has 0 saturated heterocycles. The molecule has 1 N–H and O–H groups in total. The zero-order valence-corrected chi connectivity index (χ0v) is 18.8. The minimum absolute atomic E-state index is 0.0277. The second-order valence-corrected chi connectivity index (χ2v) is 9.08. The lowest BCUT2D eigenvalue weighted by atomic mass is 9.83. The van der Waals surface area contributed by atoms with Crippen LogP contribution in [0.3, 0.4) is 0 Å². The van der Waals surface area contributed by atoms with Crippen LogP contribution in [-0.2, 0) is 23.2 Å². The van der Waals surface area contributed by atoms with Gasteiger partial charge in [-0.25, -0.2) is 0 Å². The van der Waals surface area contributed by atoms with Gasteiger partial charge in [0, 0.05) is 11.5 Å². The van der Waals surface area contributed by atoms with Crippen LogP contribution in [0.1, 0.15) is 56.3 Å². The lowest BCUT2D eigenvalue weighted by molar-refractivity contribution is -0.110. The number of para-hydroxylation sites is 1. The third kappa shape index (κ3) is 6.76. The summed E-state index contributed by atoms with van der Waals surface area (Å²) in [4.78, 5) is 30.6. The highest BCUT2D eigenvalue weighted by molar-refractivity contribution is 7.55. The quantitative estimate of drug-likeness (QED) is 0.233. The number of ketones is 1. The molecule has 0 bridgehead atoms. The maximum atomic E-state index is 13.0. The van der Waals surface area contributed by atoms with E-state index >= 15 is 0 Å². The zero-order valence-electron chi connectivity index (χ0n) is 17.9. The van der Waals surface area contributed by atoms with Crippen LogP contribution >= 0.6 is 7.60 Å². The Morgan fingerprint density at radius 3 is 2.33 bits per heavy atom. The van der Waals surface area contributed by atoms with Gasteiger partial charge < -0.3 is 19.2 Å². The van der Waals surface area contributed by atoms with E-state index in [4.69, 9.17) is 13.9 Å². The molecule has 0 aliphatic heterocycles. The molecule has 1 amide bonds. The first-order valence-electron chi connectivity index (χ1n) is 10.4. The fourth-order valence-electron chi connectivity index (χ4n) is 3.54. The van der Waals surface area contributed by atoms with Gasteiger partial charge in [-0.2, -0.15) is 0 Å². The minimum atomic E-state index is -3.56. The number of Topliss-reactive ketones (excluding diaryl/α,β-unsaturated/α-hetero) is 1. The summed E-state index contributed by atoms with van der Waals surface area (Å²) in [5, 5.41) is 6.44. The smallest absolute Gasteiger partial charge is 0.336 e. The lowest BCUT2D eigenvalue weighted by Gasteiger charge is -2.22. The summed E-state index contributed by atoms with van der Waals surface area (Å²) in [6.07, 6.45) is 4.62. The number of amides is 1. The second kappa shape index (κ2) is 12.0. The Kier molecular flexibility index (Phi) is 9.69. The molecule has 1 aromatic rings. The van der Waals surface area contributed by atoms with Crippen LogP contribution < -0.4 is 5.32 Å². The first-order chi connectivity index (χ1) is 14.4. The SMILES string of the molecule is CCOP(=O)(CC(=NOC)C(=O)Nc1ccccc1C(=O)C1CCCCC1)OCC. The van der Waals surface area contributed by atoms with Gasteiger partial charge in [0.25, 0.3) is 5.91 Å². The molecule has 166 valence electrons. The van der Waals surface area contributed by atoms with Crippen molar-refractivity contribution in [2.45, 2.75) is 46.0 Å². The predicted octanol–water partition coefficient (Wildman–Crippen LogP) is 4.66. The predicted molar refractivity (Wildman–Crippen MR) is 116 cm³/mol. The Hall–Kier alpha value is -2.02. The van der Waals surface area contributed by atoms with Gasteiger partial charge in [0.05, 0.1) is 18.9 Å². The topological polar surface area (TPSA) is 103 Å². The van der Waals surface area contributed by atoms with E-state index < -0.39 is 13.5 Å². The van der Waals surface area contributed by atoms with Crippen LogP contribution in [0.15, 0.2) is 29.4 Å². The van der Waals surface area contributed by atoms with Crippen molar-refractivity contribution in [3.05, 3.63) is 29.8 Å². The third-order valence-electron chi connectivity index (χ3n) is 4.88. The van der Waals surface area contributed by atoms with E-state index in [0.717, 1.165) is 32.1 Å². The van der Waals surface area contributed by atoms with Gasteiger partial charge in [0.15, 0.2) is 11.5 Å². The van der Waals surface area contributed by atoms with Crippen LogP contribution in [0.25, 0.3) is 0 Å². The molecule has 1 aliphatic rings. The van der Waals surface area contributed by atoms with Crippen LogP contribution in [0.5, 0.6) is 0 Å². The molecule has 0 radical (unpaired) electrons. The number of nitrogens with one attached hydrogen (secondary N) is 1. The molecule has 0 atom stereocenters. The summed E-state index contributed by atoms with van der Waals surface area (Å²) in [6, 6.07) is 6.90. The summed E-state index contributed by atoms with van der Waals surface area (Å²) >= 11 is 0. The van der Waals surface area contributed by atoms with Gasteiger partial charge in [-0.1, -0.05) is 36.6 Å². The molecule has 1 fully saturated rings. The molecule has 30 heavy (non-hydrogen) atoms. The molecule has 0 aromatic heterocycles. The normalized spacial score (nSPS) is 15.6. The average Bonchev–Trinajstić information content (AvgIpc) is 2.74. The van der Waals surface area contributed by atoms with Crippen LogP contribution in [-0.4, -0.2) is 43.9 Å². The highest BCUT2D eigenvalue weighted by Crippen LogP contribution is 2.48. The van der Waals surface area contributed by atoms with Gasteiger partial charge in [0.2, 0.25) is 0 Å². The maximum absolute atomic E-state index is 13.0. The number of anilines is 1. The number of hydrogen-bond acceptors (Lipinski definition) is 7. The van der Waals surface area contributed by atoms with Gasteiger partial charge >= 0.3 is 7.60 Å². The van der Waals surface area contributed by atoms with Crippen molar-refractivity contribution in [2.75, 3.05) is 31.8 Å². The number of carbonyl (C=O) groups excluding carboxylic acids is 2.